The molecule has 146 valence electrons. The van der Waals surface area contributed by atoms with Crippen LogP contribution in [0.3, 0.4) is 0 Å². The molecule has 0 fully saturated rings. The number of Topliss-reactive ketones (excluding diaryl/α,β-unsaturated/α-hetero) is 1. The Morgan fingerprint density at radius 3 is 2.46 bits per heavy atom. The van der Waals surface area contributed by atoms with E-state index < -0.39 is 23.1 Å². The van der Waals surface area contributed by atoms with Crippen LogP contribution in [0.2, 0.25) is 0 Å². The quantitative estimate of drug-likeness (QED) is 0.615. The van der Waals surface area contributed by atoms with Crippen LogP contribution in [-0.4, -0.2) is 20.3 Å². The third-order valence-corrected chi connectivity index (χ3v) is 4.16. The molecule has 0 spiro atoms. The normalized spacial score (nSPS) is 11.8. The molecule has 1 aromatic carbocycles. The number of nitrogens with zero attached hydrogens (tertiary/aromatic N) is 3. The van der Waals surface area contributed by atoms with Gasteiger partial charge in [0.05, 0.1) is 23.1 Å². The van der Waals surface area contributed by atoms with E-state index in [0.717, 1.165) is 6.07 Å². The highest BCUT2D eigenvalue weighted by atomic mass is 19.4. The second-order valence-corrected chi connectivity index (χ2v) is 6.25. The van der Waals surface area contributed by atoms with Gasteiger partial charge in [-0.3, -0.25) is 9.59 Å². The first-order chi connectivity index (χ1) is 13.2. The van der Waals surface area contributed by atoms with E-state index in [1.807, 2.05) is 6.92 Å². The highest BCUT2D eigenvalue weighted by Crippen LogP contribution is 2.29. The predicted octanol–water partition coefficient (Wildman–Crippen LogP) is 3.99. The summed E-state index contributed by atoms with van der Waals surface area (Å²) in [6, 6.07) is 3.81. The minimum Gasteiger partial charge on any atom is -0.308 e. The lowest BCUT2D eigenvalue weighted by Gasteiger charge is -2.09. The van der Waals surface area contributed by atoms with Gasteiger partial charge >= 0.3 is 6.18 Å². The Morgan fingerprint density at radius 2 is 1.86 bits per heavy atom. The standard InChI is InChI=1S/C19H15F4N3O2/c1-2-3-13(27)10-26-5-4-11-6-15(16(20)7-14(11)18(26)28)17-24-8-12(9-25-17)19(21,22)23/h4-9H,2-3,10H2,1H3. The molecular weight excluding hydrogens is 378 g/mol. The number of ketones is 1. The average Bonchev–Trinajstić information content (AvgIpc) is 2.64. The number of aromatic nitrogens is 3. The molecule has 0 unspecified atom stereocenters. The maximum absolute atomic E-state index is 14.5. The summed E-state index contributed by atoms with van der Waals surface area (Å²) in [7, 11) is 0. The van der Waals surface area contributed by atoms with Gasteiger partial charge in [0.25, 0.3) is 5.56 Å². The van der Waals surface area contributed by atoms with E-state index in [9.17, 15) is 27.2 Å². The van der Waals surface area contributed by atoms with Crippen LogP contribution >= 0.6 is 0 Å². The summed E-state index contributed by atoms with van der Waals surface area (Å²) in [4.78, 5) is 31.5. The number of hydrogen-bond acceptors (Lipinski definition) is 4. The minimum atomic E-state index is -4.60. The molecule has 3 rings (SSSR count). The van der Waals surface area contributed by atoms with Crippen LogP contribution in [0.4, 0.5) is 17.6 Å². The van der Waals surface area contributed by atoms with Gasteiger partial charge in [0.15, 0.2) is 11.6 Å². The van der Waals surface area contributed by atoms with Crippen molar-refractivity contribution in [3.63, 3.8) is 0 Å². The van der Waals surface area contributed by atoms with Gasteiger partial charge in [0.1, 0.15) is 5.82 Å². The molecule has 3 aromatic rings. The van der Waals surface area contributed by atoms with E-state index in [0.29, 0.717) is 30.6 Å². The number of benzene rings is 1. The molecular formula is C19H15F4N3O2. The van der Waals surface area contributed by atoms with Crippen molar-refractivity contribution in [2.75, 3.05) is 0 Å². The summed E-state index contributed by atoms with van der Waals surface area (Å²) in [6.45, 7) is 1.75. The Kier molecular flexibility index (Phi) is 5.26. The summed E-state index contributed by atoms with van der Waals surface area (Å²) in [6.07, 6.45) is -1.03. The summed E-state index contributed by atoms with van der Waals surface area (Å²) >= 11 is 0. The molecule has 28 heavy (non-hydrogen) atoms. The maximum atomic E-state index is 14.5. The molecule has 0 amide bonds. The van der Waals surface area contributed by atoms with Crippen LogP contribution in [0.1, 0.15) is 25.3 Å². The molecule has 2 heterocycles. The molecule has 0 N–H and O–H groups in total. The van der Waals surface area contributed by atoms with Crippen molar-refractivity contribution in [3.8, 4) is 11.4 Å². The largest absolute Gasteiger partial charge is 0.419 e. The van der Waals surface area contributed by atoms with Gasteiger partial charge < -0.3 is 4.57 Å². The number of hydrogen-bond donors (Lipinski definition) is 0. The highest BCUT2D eigenvalue weighted by Gasteiger charge is 2.31. The second kappa shape index (κ2) is 7.49. The van der Waals surface area contributed by atoms with Gasteiger partial charge in [-0.15, -0.1) is 0 Å². The zero-order valence-electron chi connectivity index (χ0n) is 14.8. The molecule has 0 aliphatic heterocycles. The smallest absolute Gasteiger partial charge is 0.308 e. The number of alkyl halides is 3. The Hall–Kier alpha value is -3.10. The SMILES string of the molecule is CCCC(=O)Cn1ccc2cc(-c3ncc(C(F)(F)F)cn3)c(F)cc2c1=O. The van der Waals surface area contributed by atoms with E-state index in [1.54, 1.807) is 0 Å². The highest BCUT2D eigenvalue weighted by molar-refractivity contribution is 5.86. The fourth-order valence-corrected chi connectivity index (χ4v) is 2.76. The predicted molar refractivity (Wildman–Crippen MR) is 94.1 cm³/mol. The Morgan fingerprint density at radius 1 is 1.18 bits per heavy atom. The van der Waals surface area contributed by atoms with Gasteiger partial charge in [-0.2, -0.15) is 13.2 Å². The van der Waals surface area contributed by atoms with Crippen LogP contribution in [0.25, 0.3) is 22.2 Å². The van der Waals surface area contributed by atoms with Crippen LogP contribution in [-0.2, 0) is 17.5 Å². The van der Waals surface area contributed by atoms with Gasteiger partial charge in [-0.05, 0) is 30.0 Å². The molecule has 0 radical (unpaired) electrons. The van der Waals surface area contributed by atoms with Gasteiger partial charge in [0.2, 0.25) is 0 Å². The van der Waals surface area contributed by atoms with Crippen molar-refractivity contribution < 1.29 is 22.4 Å². The number of fused-ring (bicyclic) bond motifs is 1. The number of carbonyl (C=O) groups is 1. The van der Waals surface area contributed by atoms with Crippen molar-refractivity contribution in [2.45, 2.75) is 32.5 Å². The molecule has 9 heteroatoms. The zero-order chi connectivity index (χ0) is 20.5. The van der Waals surface area contributed by atoms with E-state index in [4.69, 9.17) is 0 Å². The summed E-state index contributed by atoms with van der Waals surface area (Å²) in [5.41, 5.74) is -1.70. The lowest BCUT2D eigenvalue weighted by Crippen LogP contribution is -2.23. The Labute approximate surface area is 156 Å². The monoisotopic (exact) mass is 393 g/mol. The summed E-state index contributed by atoms with van der Waals surface area (Å²) < 4.78 is 53.6. The second-order valence-electron chi connectivity index (χ2n) is 6.25. The number of halogens is 4. The van der Waals surface area contributed by atoms with Gasteiger partial charge in [-0.25, -0.2) is 14.4 Å². The Balaban J connectivity index is 2.02. The third-order valence-electron chi connectivity index (χ3n) is 4.16. The first-order valence-electron chi connectivity index (χ1n) is 8.44. The molecule has 0 aliphatic rings. The van der Waals surface area contributed by atoms with E-state index in [-0.39, 0.29) is 29.1 Å². The van der Waals surface area contributed by atoms with Crippen molar-refractivity contribution >= 4 is 16.6 Å². The molecule has 2 aromatic heterocycles. The summed E-state index contributed by atoms with van der Waals surface area (Å²) in [5, 5.41) is 0.420. The zero-order valence-corrected chi connectivity index (χ0v) is 14.8. The number of rotatable bonds is 5. The lowest BCUT2D eigenvalue weighted by atomic mass is 10.1. The first-order valence-corrected chi connectivity index (χ1v) is 8.44. The van der Waals surface area contributed by atoms with Gasteiger partial charge in [0, 0.05) is 25.0 Å². The fourth-order valence-electron chi connectivity index (χ4n) is 2.76. The van der Waals surface area contributed by atoms with E-state index in [2.05, 4.69) is 9.97 Å². The topological polar surface area (TPSA) is 64.8 Å². The molecule has 0 aliphatic carbocycles. The fraction of sp³-hybridized carbons (Fsp3) is 0.263. The summed E-state index contributed by atoms with van der Waals surface area (Å²) in [5.74, 6) is -1.18. The van der Waals surface area contributed by atoms with Crippen molar-refractivity contribution in [2.24, 2.45) is 0 Å². The lowest BCUT2D eigenvalue weighted by molar-refractivity contribution is -0.138. The molecule has 0 bridgehead atoms. The van der Waals surface area contributed by atoms with Crippen LogP contribution in [0.5, 0.6) is 0 Å². The average molecular weight is 393 g/mol. The van der Waals surface area contributed by atoms with E-state index in [1.165, 1.54) is 22.9 Å². The number of pyridine rings is 1. The molecule has 0 saturated heterocycles. The minimum absolute atomic E-state index is 0.0555. The first kappa shape index (κ1) is 19.7. The molecule has 0 saturated carbocycles. The van der Waals surface area contributed by atoms with Crippen molar-refractivity contribution in [1.82, 2.24) is 14.5 Å². The van der Waals surface area contributed by atoms with Crippen molar-refractivity contribution in [1.29, 1.82) is 0 Å². The van der Waals surface area contributed by atoms with Crippen LogP contribution in [0.15, 0.2) is 41.6 Å². The van der Waals surface area contributed by atoms with Gasteiger partial charge in [-0.1, -0.05) is 6.92 Å². The van der Waals surface area contributed by atoms with Crippen LogP contribution < -0.4 is 5.56 Å². The third kappa shape index (κ3) is 3.92. The molecule has 5 nitrogen and oxygen atoms in total. The number of carbonyl (C=O) groups excluding carboxylic acids is 1. The van der Waals surface area contributed by atoms with Crippen LogP contribution in [0, 0.1) is 5.82 Å². The molecule has 0 atom stereocenters. The van der Waals surface area contributed by atoms with E-state index >= 15 is 0 Å². The maximum Gasteiger partial charge on any atom is 0.419 e. The van der Waals surface area contributed by atoms with Crippen molar-refractivity contribution in [3.05, 3.63) is 58.5 Å². The Bertz CT molecular complexity index is 1090.